The molecule has 0 heterocycles. The number of amides is 1. The highest BCUT2D eigenvalue weighted by Gasteiger charge is 2.16. The fourth-order valence-electron chi connectivity index (χ4n) is 2.66. The Hall–Kier alpha value is -2.00. The van der Waals surface area contributed by atoms with Gasteiger partial charge >= 0.3 is 0 Å². The number of benzene rings is 3. The van der Waals surface area contributed by atoms with Crippen LogP contribution in [0.1, 0.15) is 11.1 Å². The number of hydrogen-bond acceptors (Lipinski definition) is 4. The maximum absolute atomic E-state index is 12.6. The molecule has 3 rings (SSSR count). The molecule has 1 amide bonds. The number of anilines is 2. The van der Waals surface area contributed by atoms with E-state index < -0.39 is 10.0 Å². The Morgan fingerprint density at radius 2 is 1.71 bits per heavy atom. The summed E-state index contributed by atoms with van der Waals surface area (Å²) < 4.78 is 28.9. The van der Waals surface area contributed by atoms with Crippen molar-refractivity contribution in [2.45, 2.75) is 17.6 Å². The molecule has 3 aromatic rings. The molecule has 0 saturated carbocycles. The van der Waals surface area contributed by atoms with Crippen molar-refractivity contribution in [3.05, 3.63) is 87.4 Å². The first kappa shape index (κ1) is 23.7. The monoisotopic (exact) mass is 538 g/mol. The highest BCUT2D eigenvalue weighted by molar-refractivity contribution is 9.10. The Balaban J connectivity index is 1.55. The van der Waals surface area contributed by atoms with E-state index in [4.69, 9.17) is 11.6 Å². The summed E-state index contributed by atoms with van der Waals surface area (Å²) in [6.07, 6.45) is 0. The summed E-state index contributed by atoms with van der Waals surface area (Å²) in [5, 5.41) is 3.23. The predicted molar refractivity (Wildman–Crippen MR) is 132 cm³/mol. The maximum atomic E-state index is 12.6. The molecule has 0 radical (unpaired) electrons. The van der Waals surface area contributed by atoms with Crippen LogP contribution in [0.3, 0.4) is 0 Å². The van der Waals surface area contributed by atoms with E-state index in [-0.39, 0.29) is 10.8 Å². The third-order valence-electron chi connectivity index (χ3n) is 4.31. The molecule has 0 aromatic heterocycles. The molecular weight excluding hydrogens is 520 g/mol. The summed E-state index contributed by atoms with van der Waals surface area (Å²) in [6.45, 7) is 1.79. The predicted octanol–water partition coefficient (Wildman–Crippen LogP) is 6.08. The van der Waals surface area contributed by atoms with Gasteiger partial charge < -0.3 is 5.32 Å². The van der Waals surface area contributed by atoms with Crippen LogP contribution in [0.5, 0.6) is 0 Å². The summed E-state index contributed by atoms with van der Waals surface area (Å²) in [4.78, 5) is 12.3. The van der Waals surface area contributed by atoms with Gasteiger partial charge in [-0.05, 0) is 66.6 Å². The maximum Gasteiger partial charge on any atom is 0.261 e. The molecular formula is C22H20BrClN2O3S2. The number of hydrogen-bond donors (Lipinski definition) is 2. The van der Waals surface area contributed by atoms with Crippen LogP contribution >= 0.6 is 39.3 Å². The van der Waals surface area contributed by atoms with Gasteiger partial charge in [0.15, 0.2) is 0 Å². The van der Waals surface area contributed by atoms with Crippen molar-refractivity contribution < 1.29 is 13.2 Å². The van der Waals surface area contributed by atoms with Gasteiger partial charge in [-0.15, -0.1) is 11.8 Å². The minimum Gasteiger partial charge on any atom is -0.325 e. The first-order valence-corrected chi connectivity index (χ1v) is 13.0. The van der Waals surface area contributed by atoms with Gasteiger partial charge in [0.2, 0.25) is 5.91 Å². The molecule has 5 nitrogen and oxygen atoms in total. The Labute approximate surface area is 199 Å². The minimum absolute atomic E-state index is 0.0921. The van der Waals surface area contributed by atoms with E-state index in [0.29, 0.717) is 22.2 Å². The normalized spacial score (nSPS) is 11.2. The van der Waals surface area contributed by atoms with Crippen LogP contribution in [-0.4, -0.2) is 20.1 Å². The average Bonchev–Trinajstić information content (AvgIpc) is 2.72. The zero-order chi connectivity index (χ0) is 22.4. The van der Waals surface area contributed by atoms with Gasteiger partial charge in [0.1, 0.15) is 0 Å². The molecule has 0 spiro atoms. The SMILES string of the molecule is Cc1ccc(Cl)cc1NS(=O)(=O)c1ccc(NC(=O)CSCc2ccc(Br)cc2)cc1. The van der Waals surface area contributed by atoms with Gasteiger partial charge in [-0.3, -0.25) is 9.52 Å². The molecule has 0 aliphatic rings. The van der Waals surface area contributed by atoms with Crippen LogP contribution in [0.4, 0.5) is 11.4 Å². The van der Waals surface area contributed by atoms with Crippen molar-refractivity contribution >= 4 is 66.6 Å². The van der Waals surface area contributed by atoms with Gasteiger partial charge in [-0.25, -0.2) is 8.42 Å². The lowest BCUT2D eigenvalue weighted by Gasteiger charge is -2.12. The highest BCUT2D eigenvalue weighted by Crippen LogP contribution is 2.24. The molecule has 162 valence electrons. The molecule has 0 aliphatic heterocycles. The third kappa shape index (κ3) is 7.00. The third-order valence-corrected chi connectivity index (χ3v) is 7.46. The average molecular weight is 540 g/mol. The van der Waals surface area contributed by atoms with Crippen molar-refractivity contribution in [2.75, 3.05) is 15.8 Å². The quantitative estimate of drug-likeness (QED) is 0.364. The van der Waals surface area contributed by atoms with E-state index in [1.54, 1.807) is 37.3 Å². The second kappa shape index (κ2) is 10.5. The lowest BCUT2D eigenvalue weighted by molar-refractivity contribution is -0.113. The number of carbonyl (C=O) groups is 1. The van der Waals surface area contributed by atoms with Gasteiger partial charge in [-0.2, -0.15) is 0 Å². The van der Waals surface area contributed by atoms with Crippen LogP contribution in [0.25, 0.3) is 0 Å². The van der Waals surface area contributed by atoms with E-state index >= 15 is 0 Å². The van der Waals surface area contributed by atoms with Crippen LogP contribution in [0, 0.1) is 6.92 Å². The zero-order valence-electron chi connectivity index (χ0n) is 16.6. The number of rotatable bonds is 8. The van der Waals surface area contributed by atoms with Crippen LogP contribution in [0.15, 0.2) is 76.1 Å². The molecule has 0 atom stereocenters. The summed E-state index contributed by atoms with van der Waals surface area (Å²) >= 11 is 10.9. The zero-order valence-corrected chi connectivity index (χ0v) is 20.5. The Bertz CT molecular complexity index is 1170. The number of sulfonamides is 1. The van der Waals surface area contributed by atoms with Crippen LogP contribution in [-0.2, 0) is 20.6 Å². The fraction of sp³-hybridized carbons (Fsp3) is 0.136. The van der Waals surface area contributed by atoms with Gasteiger partial charge in [0, 0.05) is 20.9 Å². The molecule has 0 bridgehead atoms. The smallest absolute Gasteiger partial charge is 0.261 e. The van der Waals surface area contributed by atoms with E-state index in [0.717, 1.165) is 21.4 Å². The minimum atomic E-state index is -3.77. The molecule has 31 heavy (non-hydrogen) atoms. The summed E-state index contributed by atoms with van der Waals surface area (Å²) in [7, 11) is -3.77. The van der Waals surface area contributed by atoms with Crippen molar-refractivity contribution in [3.63, 3.8) is 0 Å². The van der Waals surface area contributed by atoms with E-state index in [9.17, 15) is 13.2 Å². The van der Waals surface area contributed by atoms with Gasteiger partial charge in [0.05, 0.1) is 16.3 Å². The topological polar surface area (TPSA) is 75.3 Å². The van der Waals surface area contributed by atoms with Gasteiger partial charge in [-0.1, -0.05) is 45.7 Å². The summed E-state index contributed by atoms with van der Waals surface area (Å²) in [6, 6.07) is 19.0. The molecule has 0 unspecified atom stereocenters. The lowest BCUT2D eigenvalue weighted by Crippen LogP contribution is -2.15. The Morgan fingerprint density at radius 1 is 1.03 bits per heavy atom. The number of aryl methyl sites for hydroxylation is 1. The summed E-state index contributed by atoms with van der Waals surface area (Å²) in [5.41, 5.74) is 2.86. The van der Waals surface area contributed by atoms with Crippen molar-refractivity contribution in [1.82, 2.24) is 0 Å². The second-order valence-corrected chi connectivity index (χ2v) is 10.8. The number of thioether (sulfide) groups is 1. The highest BCUT2D eigenvalue weighted by atomic mass is 79.9. The Kier molecular flexibility index (Phi) is 8.05. The Morgan fingerprint density at radius 3 is 2.39 bits per heavy atom. The standard InChI is InChI=1S/C22H20BrClN2O3S2/c1-15-2-7-18(24)12-21(15)26-31(28,29)20-10-8-19(9-11-20)25-22(27)14-30-13-16-3-5-17(23)6-4-16/h2-12,26H,13-14H2,1H3,(H,25,27). The summed E-state index contributed by atoms with van der Waals surface area (Å²) in [5.74, 6) is 0.878. The number of nitrogens with one attached hydrogen (secondary N) is 2. The first-order valence-electron chi connectivity index (χ1n) is 9.24. The number of halogens is 2. The van der Waals surface area contributed by atoms with Crippen LogP contribution in [0.2, 0.25) is 5.02 Å². The second-order valence-electron chi connectivity index (χ2n) is 6.76. The van der Waals surface area contributed by atoms with Crippen molar-refractivity contribution in [3.8, 4) is 0 Å². The van der Waals surface area contributed by atoms with Gasteiger partial charge in [0.25, 0.3) is 10.0 Å². The molecule has 0 fully saturated rings. The van der Waals surface area contributed by atoms with Crippen LogP contribution < -0.4 is 10.0 Å². The van der Waals surface area contributed by atoms with E-state index in [2.05, 4.69) is 26.0 Å². The molecule has 2 N–H and O–H groups in total. The van der Waals surface area contributed by atoms with Crippen molar-refractivity contribution in [1.29, 1.82) is 0 Å². The lowest BCUT2D eigenvalue weighted by atomic mass is 10.2. The molecule has 0 saturated heterocycles. The fourth-order valence-corrected chi connectivity index (χ4v) is 5.01. The first-order chi connectivity index (χ1) is 14.7. The molecule has 9 heteroatoms. The molecule has 3 aromatic carbocycles. The van der Waals surface area contributed by atoms with E-state index in [1.165, 1.54) is 23.9 Å². The number of carbonyl (C=O) groups excluding carboxylic acids is 1. The largest absolute Gasteiger partial charge is 0.325 e. The van der Waals surface area contributed by atoms with Crippen molar-refractivity contribution in [2.24, 2.45) is 0 Å². The molecule has 0 aliphatic carbocycles. The van der Waals surface area contributed by atoms with E-state index in [1.807, 2.05) is 24.3 Å².